The van der Waals surface area contributed by atoms with Crippen molar-refractivity contribution in [3.8, 4) is 5.69 Å². The standard InChI is InChI=1S/C25H24N8O2S2/c1-4-26-25(35)32-11-10-16-15(12-32)6-5-7-19(16)33-13(2)20(30-31-33)23(34)29-24-28-18-9-8-17-21(22(18)37-24)36-14(3)27-17/h5-9H,4,10-12H2,1-3H3,(H,26,35)(H,28,29,34). The molecule has 1 aliphatic heterocycles. The van der Waals surface area contributed by atoms with E-state index in [9.17, 15) is 9.59 Å². The van der Waals surface area contributed by atoms with E-state index in [4.69, 9.17) is 0 Å². The first-order valence-electron chi connectivity index (χ1n) is 12.0. The molecule has 5 aromatic rings. The number of aryl methyl sites for hydroxylation is 1. The SMILES string of the molecule is CCNC(=O)N1CCc2c(cccc2-n2nnc(C(=O)Nc3nc4ccc5nc(C)sc5c4s3)c2C)C1. The molecule has 3 amide bonds. The van der Waals surface area contributed by atoms with Crippen LogP contribution in [0.3, 0.4) is 0 Å². The van der Waals surface area contributed by atoms with Crippen molar-refractivity contribution in [2.75, 3.05) is 18.4 Å². The van der Waals surface area contributed by atoms with Gasteiger partial charge in [0.1, 0.15) is 0 Å². The first-order valence-corrected chi connectivity index (χ1v) is 13.6. The van der Waals surface area contributed by atoms with Crippen LogP contribution in [0.5, 0.6) is 0 Å². The maximum atomic E-state index is 13.2. The van der Waals surface area contributed by atoms with Crippen molar-refractivity contribution in [1.29, 1.82) is 0 Å². The van der Waals surface area contributed by atoms with E-state index in [0.717, 1.165) is 42.3 Å². The summed E-state index contributed by atoms with van der Waals surface area (Å²) >= 11 is 3.06. The number of urea groups is 1. The molecule has 2 N–H and O–H groups in total. The van der Waals surface area contributed by atoms with Crippen LogP contribution in [0.25, 0.3) is 26.1 Å². The van der Waals surface area contributed by atoms with Gasteiger partial charge in [0.25, 0.3) is 5.91 Å². The predicted molar refractivity (Wildman–Crippen MR) is 145 cm³/mol. The highest BCUT2D eigenvalue weighted by molar-refractivity contribution is 7.28. The van der Waals surface area contributed by atoms with Gasteiger partial charge in [-0.2, -0.15) is 0 Å². The zero-order chi connectivity index (χ0) is 25.7. The number of aromatic nitrogens is 5. The summed E-state index contributed by atoms with van der Waals surface area (Å²) in [4.78, 5) is 36.4. The van der Waals surface area contributed by atoms with Crippen LogP contribution in [0.15, 0.2) is 30.3 Å². The number of fused-ring (bicyclic) bond motifs is 4. The first-order chi connectivity index (χ1) is 17.9. The van der Waals surface area contributed by atoms with Gasteiger partial charge in [-0.1, -0.05) is 28.7 Å². The fourth-order valence-electron chi connectivity index (χ4n) is 4.69. The van der Waals surface area contributed by atoms with Crippen LogP contribution in [0.1, 0.15) is 39.2 Å². The number of carbonyl (C=O) groups is 2. The lowest BCUT2D eigenvalue weighted by Crippen LogP contribution is -2.42. The average Bonchev–Trinajstić information content (AvgIpc) is 3.58. The summed E-state index contributed by atoms with van der Waals surface area (Å²) in [6.07, 6.45) is 0.695. The van der Waals surface area contributed by atoms with Crippen LogP contribution in [-0.4, -0.2) is 54.9 Å². The van der Waals surface area contributed by atoms with E-state index in [1.165, 1.54) is 11.3 Å². The molecule has 0 bridgehead atoms. The molecular formula is C25H24N8O2S2. The van der Waals surface area contributed by atoms with Crippen molar-refractivity contribution in [2.45, 2.75) is 33.7 Å². The molecule has 188 valence electrons. The number of hydrogen-bond donors (Lipinski definition) is 2. The minimum absolute atomic E-state index is 0.0597. The normalized spacial score (nSPS) is 13.2. The molecular weight excluding hydrogens is 508 g/mol. The summed E-state index contributed by atoms with van der Waals surface area (Å²) in [5.41, 5.74) is 5.70. The highest BCUT2D eigenvalue weighted by Gasteiger charge is 2.25. The Labute approximate surface area is 220 Å². The van der Waals surface area contributed by atoms with Gasteiger partial charge in [-0.05, 0) is 56.5 Å². The van der Waals surface area contributed by atoms with Crippen LogP contribution in [0, 0.1) is 13.8 Å². The van der Waals surface area contributed by atoms with Gasteiger partial charge in [-0.3, -0.25) is 10.1 Å². The molecule has 10 nitrogen and oxygen atoms in total. The van der Waals surface area contributed by atoms with E-state index >= 15 is 0 Å². The molecule has 0 fully saturated rings. The Balaban J connectivity index is 1.26. The molecule has 0 radical (unpaired) electrons. The molecule has 4 heterocycles. The fourth-order valence-corrected chi connectivity index (χ4v) is 6.69. The molecule has 12 heteroatoms. The summed E-state index contributed by atoms with van der Waals surface area (Å²) in [5, 5.41) is 15.8. The van der Waals surface area contributed by atoms with Crippen LogP contribution in [0.2, 0.25) is 0 Å². The Bertz CT molecular complexity index is 1690. The zero-order valence-corrected chi connectivity index (χ0v) is 22.2. The Morgan fingerprint density at radius 3 is 2.65 bits per heavy atom. The van der Waals surface area contributed by atoms with Gasteiger partial charge in [0.05, 0.1) is 36.8 Å². The maximum Gasteiger partial charge on any atom is 0.317 e. The van der Waals surface area contributed by atoms with Crippen molar-refractivity contribution in [3.63, 3.8) is 0 Å². The molecule has 6 rings (SSSR count). The molecule has 0 aliphatic carbocycles. The highest BCUT2D eigenvalue weighted by atomic mass is 32.1. The van der Waals surface area contributed by atoms with Gasteiger partial charge in [0.15, 0.2) is 10.8 Å². The van der Waals surface area contributed by atoms with Crippen molar-refractivity contribution in [2.24, 2.45) is 0 Å². The maximum absolute atomic E-state index is 13.2. The Kier molecular flexibility index (Phi) is 5.84. The summed E-state index contributed by atoms with van der Waals surface area (Å²) < 4.78 is 3.79. The third kappa shape index (κ3) is 4.11. The van der Waals surface area contributed by atoms with Gasteiger partial charge >= 0.3 is 6.03 Å². The molecule has 3 aromatic heterocycles. The van der Waals surface area contributed by atoms with Crippen LogP contribution in [-0.2, 0) is 13.0 Å². The predicted octanol–water partition coefficient (Wildman–Crippen LogP) is 4.44. The largest absolute Gasteiger partial charge is 0.338 e. The third-order valence-electron chi connectivity index (χ3n) is 6.43. The smallest absolute Gasteiger partial charge is 0.317 e. The lowest BCUT2D eigenvalue weighted by atomic mass is 9.98. The second-order valence-electron chi connectivity index (χ2n) is 8.83. The van der Waals surface area contributed by atoms with Gasteiger partial charge < -0.3 is 10.2 Å². The Morgan fingerprint density at radius 2 is 1.84 bits per heavy atom. The van der Waals surface area contributed by atoms with E-state index in [2.05, 4.69) is 30.9 Å². The third-order valence-corrected chi connectivity index (χ3v) is 8.57. The lowest BCUT2D eigenvalue weighted by molar-refractivity contribution is 0.102. The lowest BCUT2D eigenvalue weighted by Gasteiger charge is -2.30. The minimum Gasteiger partial charge on any atom is -0.338 e. The van der Waals surface area contributed by atoms with E-state index in [-0.39, 0.29) is 17.6 Å². The molecule has 37 heavy (non-hydrogen) atoms. The second-order valence-corrected chi connectivity index (χ2v) is 11.0. The van der Waals surface area contributed by atoms with E-state index < -0.39 is 0 Å². The monoisotopic (exact) mass is 532 g/mol. The minimum atomic E-state index is -0.355. The van der Waals surface area contributed by atoms with E-state index in [1.807, 2.05) is 56.0 Å². The van der Waals surface area contributed by atoms with Gasteiger partial charge in [0.2, 0.25) is 0 Å². The fraction of sp³-hybridized carbons (Fsp3) is 0.280. The molecule has 0 saturated carbocycles. The van der Waals surface area contributed by atoms with Crippen molar-refractivity contribution >= 4 is 60.2 Å². The topological polar surface area (TPSA) is 118 Å². The van der Waals surface area contributed by atoms with E-state index in [1.54, 1.807) is 16.0 Å². The zero-order valence-electron chi connectivity index (χ0n) is 20.5. The number of anilines is 1. The molecule has 1 aliphatic rings. The molecule has 2 aromatic carbocycles. The van der Waals surface area contributed by atoms with Crippen LogP contribution >= 0.6 is 22.7 Å². The van der Waals surface area contributed by atoms with Crippen molar-refractivity contribution in [1.82, 2.24) is 35.2 Å². The summed E-state index contributed by atoms with van der Waals surface area (Å²) in [6, 6.07) is 9.77. The number of nitrogens with zero attached hydrogens (tertiary/aromatic N) is 6. The molecule has 0 atom stereocenters. The Morgan fingerprint density at radius 1 is 1.05 bits per heavy atom. The number of hydrogen-bond acceptors (Lipinski definition) is 8. The molecule has 0 spiro atoms. The van der Waals surface area contributed by atoms with E-state index in [0.29, 0.717) is 36.9 Å². The number of benzene rings is 2. The number of rotatable bonds is 4. The second kappa shape index (κ2) is 9.20. The first kappa shape index (κ1) is 23.5. The highest BCUT2D eigenvalue weighted by Crippen LogP contribution is 2.36. The van der Waals surface area contributed by atoms with Gasteiger partial charge in [0, 0.05) is 19.6 Å². The number of amides is 3. The summed E-state index contributed by atoms with van der Waals surface area (Å²) in [7, 11) is 0. The van der Waals surface area contributed by atoms with Crippen molar-refractivity contribution in [3.05, 3.63) is 57.9 Å². The summed E-state index contributed by atoms with van der Waals surface area (Å²) in [5.74, 6) is -0.355. The van der Waals surface area contributed by atoms with Gasteiger partial charge in [-0.25, -0.2) is 19.4 Å². The number of carbonyl (C=O) groups excluding carboxylic acids is 2. The average molecular weight is 533 g/mol. The van der Waals surface area contributed by atoms with Crippen LogP contribution < -0.4 is 10.6 Å². The molecule has 0 saturated heterocycles. The van der Waals surface area contributed by atoms with Gasteiger partial charge in [-0.15, -0.1) is 16.4 Å². The number of nitrogens with one attached hydrogen (secondary N) is 2. The molecule has 0 unspecified atom stereocenters. The number of thiazole rings is 2. The van der Waals surface area contributed by atoms with Crippen LogP contribution in [0.4, 0.5) is 9.93 Å². The Hall–Kier alpha value is -3.90. The quantitative estimate of drug-likeness (QED) is 0.353. The summed E-state index contributed by atoms with van der Waals surface area (Å²) in [6.45, 7) is 7.46. The van der Waals surface area contributed by atoms with Crippen molar-refractivity contribution < 1.29 is 9.59 Å².